The zero-order chi connectivity index (χ0) is 27.7. The van der Waals surface area contributed by atoms with Crippen molar-refractivity contribution in [3.05, 3.63) is 54.1 Å². The summed E-state index contributed by atoms with van der Waals surface area (Å²) in [6.07, 6.45) is -1.13. The van der Waals surface area contributed by atoms with Crippen LogP contribution in [0.1, 0.15) is 41.2 Å². The van der Waals surface area contributed by atoms with Gasteiger partial charge >= 0.3 is 6.18 Å². The van der Waals surface area contributed by atoms with Crippen molar-refractivity contribution in [2.24, 2.45) is 0 Å². The highest BCUT2D eigenvalue weighted by Gasteiger charge is 2.33. The third-order valence-electron chi connectivity index (χ3n) is 6.82. The van der Waals surface area contributed by atoms with Crippen molar-refractivity contribution in [3.8, 4) is 17.2 Å². The number of nitrogens with one attached hydrogen (secondary N) is 1. The van der Waals surface area contributed by atoms with E-state index >= 15 is 0 Å². The van der Waals surface area contributed by atoms with Crippen LogP contribution in [0.4, 0.5) is 19.1 Å². The van der Waals surface area contributed by atoms with Crippen LogP contribution in [0, 0.1) is 0 Å². The number of hydrogen-bond donors (Lipinski definition) is 1. The number of likely N-dealkylation sites (tertiary alicyclic amines) is 1. The normalized spacial score (nSPS) is 17.4. The Morgan fingerprint density at radius 2 is 2.00 bits per heavy atom. The lowest BCUT2D eigenvalue weighted by Gasteiger charge is -2.27. The van der Waals surface area contributed by atoms with Crippen LogP contribution in [0.25, 0.3) is 11.0 Å². The molecule has 5 rings (SSSR count). The van der Waals surface area contributed by atoms with Gasteiger partial charge in [-0.3, -0.25) is 14.9 Å². The molecule has 2 amide bonds. The number of ether oxygens (including phenoxy) is 3. The topological polar surface area (TPSA) is 94.9 Å². The van der Waals surface area contributed by atoms with Gasteiger partial charge in [0.05, 0.1) is 24.2 Å². The number of imidazole rings is 1. The molecule has 1 N–H and O–H groups in total. The van der Waals surface area contributed by atoms with Gasteiger partial charge in [0.1, 0.15) is 18.7 Å². The molecule has 1 fully saturated rings. The number of aromatic nitrogens is 2. The largest absolute Gasteiger partial charge is 0.491 e. The number of alkyl halides is 3. The number of carbonyl (C=O) groups is 2. The lowest BCUT2D eigenvalue weighted by atomic mass is 10.1. The van der Waals surface area contributed by atoms with Gasteiger partial charge in [-0.1, -0.05) is 12.6 Å². The monoisotopic (exact) mass is 544 g/mol. The van der Waals surface area contributed by atoms with Crippen LogP contribution in [0.15, 0.2) is 43.0 Å². The summed E-state index contributed by atoms with van der Waals surface area (Å²) in [7, 11) is 1.48. The molecule has 0 unspecified atom stereocenters. The predicted octanol–water partition coefficient (Wildman–Crippen LogP) is 4.83. The van der Waals surface area contributed by atoms with Crippen molar-refractivity contribution in [2.45, 2.75) is 31.5 Å². The molecule has 3 heterocycles. The number of hydrogen-bond acceptors (Lipinski definition) is 6. The van der Waals surface area contributed by atoms with E-state index < -0.39 is 17.6 Å². The van der Waals surface area contributed by atoms with E-state index in [1.54, 1.807) is 15.5 Å². The van der Waals surface area contributed by atoms with Crippen molar-refractivity contribution in [1.82, 2.24) is 14.5 Å². The maximum Gasteiger partial charge on any atom is 0.416 e. The zero-order valence-corrected chi connectivity index (χ0v) is 21.2. The highest BCUT2D eigenvalue weighted by atomic mass is 19.4. The maximum absolute atomic E-state index is 13.3. The van der Waals surface area contributed by atoms with E-state index in [1.165, 1.54) is 25.3 Å². The van der Waals surface area contributed by atoms with Crippen molar-refractivity contribution in [1.29, 1.82) is 0 Å². The Labute approximate surface area is 222 Å². The van der Waals surface area contributed by atoms with Crippen molar-refractivity contribution in [2.75, 3.05) is 38.7 Å². The third-order valence-corrected chi connectivity index (χ3v) is 6.82. The number of methoxy groups -OCH3 is 1. The molecule has 0 bridgehead atoms. The van der Waals surface area contributed by atoms with Crippen LogP contribution in [0.2, 0.25) is 0 Å². The molecule has 12 heteroatoms. The summed E-state index contributed by atoms with van der Waals surface area (Å²) < 4.78 is 58.9. The summed E-state index contributed by atoms with van der Waals surface area (Å²) in [5, 5.41) is 2.70. The Hall–Kier alpha value is -4.22. The fourth-order valence-corrected chi connectivity index (χ4v) is 5.03. The SMILES string of the molecule is C=CC(=O)N1CCCC[C@@H](n2c(NC(=O)c3cccc(C(F)(F)F)c3)nc3cc4c(c(OC)c32)OCCO4)C1. The van der Waals surface area contributed by atoms with Gasteiger partial charge in [-0.05, 0) is 43.5 Å². The average Bonchev–Trinajstić information content (AvgIpc) is 3.10. The Morgan fingerprint density at radius 3 is 2.74 bits per heavy atom. The molecule has 0 aliphatic carbocycles. The first kappa shape index (κ1) is 26.4. The fraction of sp³-hybridized carbons (Fsp3) is 0.370. The van der Waals surface area contributed by atoms with Crippen molar-refractivity contribution < 1.29 is 37.0 Å². The quantitative estimate of drug-likeness (QED) is 0.463. The Morgan fingerprint density at radius 1 is 1.21 bits per heavy atom. The molecular weight excluding hydrogens is 517 g/mol. The number of benzene rings is 2. The molecule has 39 heavy (non-hydrogen) atoms. The second kappa shape index (κ2) is 10.5. The first-order valence-corrected chi connectivity index (χ1v) is 12.5. The Balaban J connectivity index is 1.64. The summed E-state index contributed by atoms with van der Waals surface area (Å²) in [5.41, 5.74) is -0.166. The highest BCUT2D eigenvalue weighted by molar-refractivity contribution is 6.04. The first-order valence-electron chi connectivity index (χ1n) is 12.5. The molecule has 3 aromatic rings. The van der Waals surface area contributed by atoms with E-state index in [1.807, 2.05) is 0 Å². The zero-order valence-electron chi connectivity index (χ0n) is 21.2. The van der Waals surface area contributed by atoms with Gasteiger partial charge in [-0.25, -0.2) is 4.98 Å². The molecule has 0 spiro atoms. The van der Waals surface area contributed by atoms with Gasteiger partial charge in [0.15, 0.2) is 11.5 Å². The predicted molar refractivity (Wildman–Crippen MR) is 136 cm³/mol. The molecule has 0 radical (unpaired) electrons. The van der Waals surface area contributed by atoms with Crippen LogP contribution in [-0.4, -0.2) is 59.7 Å². The van der Waals surface area contributed by atoms with Gasteiger partial charge in [0.25, 0.3) is 5.91 Å². The number of anilines is 1. The number of fused-ring (bicyclic) bond motifs is 2. The van der Waals surface area contributed by atoms with Gasteiger partial charge in [-0.15, -0.1) is 0 Å². The molecule has 2 aliphatic heterocycles. The number of nitrogens with zero attached hydrogens (tertiary/aromatic N) is 3. The molecule has 9 nitrogen and oxygen atoms in total. The van der Waals surface area contributed by atoms with E-state index in [4.69, 9.17) is 14.2 Å². The smallest absolute Gasteiger partial charge is 0.416 e. The summed E-state index contributed by atoms with van der Waals surface area (Å²) in [6.45, 7) is 5.10. The molecule has 2 aromatic carbocycles. The minimum absolute atomic E-state index is 0.103. The molecular formula is C27H27F3N4O5. The number of amides is 2. The summed E-state index contributed by atoms with van der Waals surface area (Å²) in [5.74, 6) is 0.283. The van der Waals surface area contributed by atoms with E-state index in [-0.39, 0.29) is 23.5 Å². The molecule has 2 aliphatic rings. The molecule has 206 valence electrons. The van der Waals surface area contributed by atoms with E-state index in [9.17, 15) is 22.8 Å². The van der Waals surface area contributed by atoms with E-state index in [2.05, 4.69) is 16.9 Å². The van der Waals surface area contributed by atoms with Crippen molar-refractivity contribution >= 4 is 28.8 Å². The maximum atomic E-state index is 13.3. The minimum Gasteiger partial charge on any atom is -0.491 e. The fourth-order valence-electron chi connectivity index (χ4n) is 5.03. The van der Waals surface area contributed by atoms with Crippen LogP contribution >= 0.6 is 0 Å². The summed E-state index contributed by atoms with van der Waals surface area (Å²) in [6, 6.07) is 5.50. The average molecular weight is 545 g/mol. The minimum atomic E-state index is -4.60. The Kier molecular flexibility index (Phi) is 7.11. The Bertz CT molecular complexity index is 1440. The lowest BCUT2D eigenvalue weighted by Crippen LogP contribution is -2.34. The summed E-state index contributed by atoms with van der Waals surface area (Å²) >= 11 is 0. The second-order valence-corrected chi connectivity index (χ2v) is 9.28. The lowest BCUT2D eigenvalue weighted by molar-refractivity contribution is -0.137. The molecule has 0 saturated carbocycles. The molecule has 1 aromatic heterocycles. The van der Waals surface area contributed by atoms with E-state index in [0.717, 1.165) is 25.0 Å². The van der Waals surface area contributed by atoms with Crippen LogP contribution in [0.5, 0.6) is 17.2 Å². The number of halogens is 3. The van der Waals surface area contributed by atoms with Gasteiger partial charge in [0, 0.05) is 24.7 Å². The van der Waals surface area contributed by atoms with Crippen LogP contribution in [-0.2, 0) is 11.0 Å². The molecule has 1 atom stereocenters. The standard InChI is InChI=1S/C27H27F3N4O5/c1-3-21(35)33-10-5-4-9-18(15-33)34-22-19(14-20-23(24(22)37-2)39-12-11-38-20)31-26(34)32-25(36)16-7-6-8-17(13-16)27(28,29)30/h3,6-8,13-14,18H,1,4-5,9-12,15H2,2H3,(H,31,32,36)/t18-/m1/s1. The number of carbonyl (C=O) groups excluding carboxylic acids is 2. The first-order chi connectivity index (χ1) is 18.7. The van der Waals surface area contributed by atoms with Crippen LogP contribution in [0.3, 0.4) is 0 Å². The van der Waals surface area contributed by atoms with Crippen molar-refractivity contribution in [3.63, 3.8) is 0 Å². The number of rotatable bonds is 5. The van der Waals surface area contributed by atoms with Gasteiger partial charge in [0.2, 0.25) is 17.6 Å². The van der Waals surface area contributed by atoms with Crippen LogP contribution < -0.4 is 19.5 Å². The second-order valence-electron chi connectivity index (χ2n) is 9.28. The van der Waals surface area contributed by atoms with Gasteiger partial charge < -0.3 is 23.7 Å². The van der Waals surface area contributed by atoms with E-state index in [0.29, 0.717) is 61.0 Å². The molecule has 1 saturated heterocycles. The summed E-state index contributed by atoms with van der Waals surface area (Å²) in [4.78, 5) is 32.1. The third kappa shape index (κ3) is 5.10. The van der Waals surface area contributed by atoms with Gasteiger partial charge in [-0.2, -0.15) is 13.2 Å². The highest BCUT2D eigenvalue weighted by Crippen LogP contribution is 2.47.